The third-order valence-electron chi connectivity index (χ3n) is 7.11. The van der Waals surface area contributed by atoms with Crippen LogP contribution in [-0.2, 0) is 22.6 Å². The van der Waals surface area contributed by atoms with Gasteiger partial charge in [0.2, 0.25) is 11.8 Å². The minimum absolute atomic E-state index is 0.129. The second-order valence-corrected chi connectivity index (χ2v) is 9.31. The minimum Gasteiger partial charge on any atom is -0.491 e. The number of fused-ring (bicyclic) bond motifs is 1. The Morgan fingerprint density at radius 3 is 2.76 bits per heavy atom. The molecule has 7 nitrogen and oxygen atoms in total. The van der Waals surface area contributed by atoms with Crippen LogP contribution in [0.4, 0.5) is 0 Å². The number of hydrogen-bond donors (Lipinski definition) is 1. The van der Waals surface area contributed by atoms with Gasteiger partial charge in [-0.3, -0.25) is 14.3 Å². The van der Waals surface area contributed by atoms with Crippen LogP contribution in [0.5, 0.6) is 5.75 Å². The average molecular weight is 453 g/mol. The van der Waals surface area contributed by atoms with Crippen molar-refractivity contribution in [3.8, 4) is 5.75 Å². The smallest absolute Gasteiger partial charge is 0.226 e. The number of nitrogens with zero attached hydrogens (tertiary/aromatic N) is 3. The summed E-state index contributed by atoms with van der Waals surface area (Å²) in [6.07, 6.45) is 11.6. The van der Waals surface area contributed by atoms with Gasteiger partial charge in [-0.05, 0) is 56.2 Å². The van der Waals surface area contributed by atoms with Crippen molar-refractivity contribution in [3.05, 3.63) is 48.3 Å². The molecule has 0 saturated carbocycles. The first-order valence-corrected chi connectivity index (χ1v) is 12.4. The fourth-order valence-corrected chi connectivity index (χ4v) is 5.08. The van der Waals surface area contributed by atoms with Gasteiger partial charge >= 0.3 is 0 Å². The molecule has 2 amide bonds. The van der Waals surface area contributed by atoms with E-state index in [2.05, 4.69) is 22.5 Å². The number of aryl methyl sites for hydroxylation is 2. The molecule has 0 unspecified atom stereocenters. The lowest BCUT2D eigenvalue weighted by Gasteiger charge is -2.41. The van der Waals surface area contributed by atoms with Crippen molar-refractivity contribution >= 4 is 11.8 Å². The second-order valence-electron chi connectivity index (χ2n) is 9.31. The van der Waals surface area contributed by atoms with Gasteiger partial charge in [-0.25, -0.2) is 0 Å². The first-order valence-electron chi connectivity index (χ1n) is 12.4. The maximum absolute atomic E-state index is 13.2. The molecule has 0 aliphatic carbocycles. The molecule has 2 aromatic rings. The standard InChI is InChI=1S/C26H36N4O3/c31-24(11-6-17-30-18-7-15-28-30)29-19-13-26(14-20-29)12-5-1-2-8-22-9-3-4-10-23(22)33-21-16-27-25(26)32/h3-4,7,9-10,15,18H,1-2,5-6,8,11-14,16-17,19-21H2,(H,27,32). The number of nitrogens with one attached hydrogen (secondary N) is 1. The maximum Gasteiger partial charge on any atom is 0.226 e. The zero-order valence-electron chi connectivity index (χ0n) is 19.5. The van der Waals surface area contributed by atoms with E-state index in [0.29, 0.717) is 32.7 Å². The molecule has 178 valence electrons. The Labute approximate surface area is 196 Å². The number of para-hydroxylation sites is 1. The highest BCUT2D eigenvalue weighted by molar-refractivity contribution is 5.83. The van der Waals surface area contributed by atoms with E-state index in [9.17, 15) is 9.59 Å². The Kier molecular flexibility index (Phi) is 8.02. The summed E-state index contributed by atoms with van der Waals surface area (Å²) in [7, 11) is 0. The van der Waals surface area contributed by atoms with Crippen molar-refractivity contribution in [1.29, 1.82) is 0 Å². The molecule has 1 spiro atoms. The van der Waals surface area contributed by atoms with Gasteiger partial charge in [-0.2, -0.15) is 5.10 Å². The Morgan fingerprint density at radius 2 is 1.94 bits per heavy atom. The summed E-state index contributed by atoms with van der Waals surface area (Å²) in [5.74, 6) is 1.25. The van der Waals surface area contributed by atoms with E-state index in [-0.39, 0.29) is 17.2 Å². The molecular weight excluding hydrogens is 416 g/mol. The van der Waals surface area contributed by atoms with Gasteiger partial charge in [-0.1, -0.05) is 31.0 Å². The summed E-state index contributed by atoms with van der Waals surface area (Å²) in [5, 5.41) is 7.32. The largest absolute Gasteiger partial charge is 0.491 e. The number of rotatable bonds is 4. The number of ether oxygens (including phenoxy) is 1. The molecule has 1 fully saturated rings. The van der Waals surface area contributed by atoms with Crippen LogP contribution in [0.15, 0.2) is 42.7 Å². The number of benzene rings is 1. The molecule has 4 rings (SSSR count). The van der Waals surface area contributed by atoms with E-state index in [1.807, 2.05) is 34.0 Å². The summed E-state index contributed by atoms with van der Waals surface area (Å²) in [6.45, 7) is 3.06. The van der Waals surface area contributed by atoms with Crippen LogP contribution in [0.1, 0.15) is 56.9 Å². The number of aromatic nitrogens is 2. The molecule has 3 heterocycles. The van der Waals surface area contributed by atoms with Gasteiger partial charge in [0.05, 0.1) is 12.0 Å². The summed E-state index contributed by atoms with van der Waals surface area (Å²) in [6, 6.07) is 10.1. The molecule has 2 aliphatic rings. The number of carbonyl (C=O) groups is 2. The first-order chi connectivity index (χ1) is 16.2. The van der Waals surface area contributed by atoms with Crippen molar-refractivity contribution in [2.75, 3.05) is 26.2 Å². The second kappa shape index (κ2) is 11.3. The summed E-state index contributed by atoms with van der Waals surface area (Å²) in [4.78, 5) is 27.9. The predicted octanol–water partition coefficient (Wildman–Crippen LogP) is 3.58. The molecule has 1 N–H and O–H groups in total. The van der Waals surface area contributed by atoms with E-state index < -0.39 is 0 Å². The number of hydrogen-bond acceptors (Lipinski definition) is 4. The number of piperidine rings is 1. The van der Waals surface area contributed by atoms with E-state index in [0.717, 1.165) is 63.7 Å². The summed E-state index contributed by atoms with van der Waals surface area (Å²) < 4.78 is 7.82. The van der Waals surface area contributed by atoms with Gasteiger partial charge in [0.25, 0.3) is 0 Å². The van der Waals surface area contributed by atoms with Gasteiger partial charge < -0.3 is 15.0 Å². The third kappa shape index (κ3) is 6.15. The molecule has 7 heteroatoms. The lowest BCUT2D eigenvalue weighted by Crippen LogP contribution is -2.50. The Bertz CT molecular complexity index is 904. The summed E-state index contributed by atoms with van der Waals surface area (Å²) >= 11 is 0. The van der Waals surface area contributed by atoms with Gasteiger partial charge in [-0.15, -0.1) is 0 Å². The van der Waals surface area contributed by atoms with Crippen LogP contribution >= 0.6 is 0 Å². The predicted molar refractivity (Wildman–Crippen MR) is 127 cm³/mol. The van der Waals surface area contributed by atoms with Crippen LogP contribution in [0.2, 0.25) is 0 Å². The molecular formula is C26H36N4O3. The fraction of sp³-hybridized carbons (Fsp3) is 0.577. The molecule has 1 aromatic heterocycles. The first kappa shape index (κ1) is 23.3. The van der Waals surface area contributed by atoms with Gasteiger partial charge in [0.15, 0.2) is 0 Å². The highest BCUT2D eigenvalue weighted by atomic mass is 16.5. The van der Waals surface area contributed by atoms with E-state index in [1.165, 1.54) is 5.56 Å². The molecule has 1 saturated heterocycles. The summed E-state index contributed by atoms with van der Waals surface area (Å²) in [5.41, 5.74) is 0.879. The van der Waals surface area contributed by atoms with Crippen molar-refractivity contribution in [2.24, 2.45) is 5.41 Å². The zero-order valence-corrected chi connectivity index (χ0v) is 19.5. The van der Waals surface area contributed by atoms with Crippen molar-refractivity contribution in [1.82, 2.24) is 20.0 Å². The molecule has 2 aliphatic heterocycles. The Morgan fingerprint density at radius 1 is 1.09 bits per heavy atom. The van der Waals surface area contributed by atoms with Crippen LogP contribution in [0.3, 0.4) is 0 Å². The topological polar surface area (TPSA) is 76.5 Å². The van der Waals surface area contributed by atoms with E-state index >= 15 is 0 Å². The van der Waals surface area contributed by atoms with Crippen LogP contribution in [0, 0.1) is 5.41 Å². The fourth-order valence-electron chi connectivity index (χ4n) is 5.08. The van der Waals surface area contributed by atoms with Gasteiger partial charge in [0, 0.05) is 38.4 Å². The maximum atomic E-state index is 13.2. The lowest BCUT2D eigenvalue weighted by molar-refractivity contribution is -0.141. The molecule has 0 radical (unpaired) electrons. The highest BCUT2D eigenvalue weighted by Crippen LogP contribution is 2.37. The van der Waals surface area contributed by atoms with Crippen LogP contribution in [0.25, 0.3) is 0 Å². The molecule has 1 aromatic carbocycles. The Hall–Kier alpha value is -2.83. The zero-order chi connectivity index (χ0) is 22.9. The molecule has 0 atom stereocenters. The third-order valence-corrected chi connectivity index (χ3v) is 7.11. The van der Waals surface area contributed by atoms with Gasteiger partial charge in [0.1, 0.15) is 12.4 Å². The average Bonchev–Trinajstić information content (AvgIpc) is 3.36. The lowest BCUT2D eigenvalue weighted by atomic mass is 9.73. The normalized spacial score (nSPS) is 19.4. The van der Waals surface area contributed by atoms with Crippen LogP contribution in [-0.4, -0.2) is 52.7 Å². The minimum atomic E-state index is -0.368. The molecule has 33 heavy (non-hydrogen) atoms. The van der Waals surface area contributed by atoms with E-state index in [1.54, 1.807) is 6.20 Å². The van der Waals surface area contributed by atoms with Crippen molar-refractivity contribution < 1.29 is 14.3 Å². The quantitative estimate of drug-likeness (QED) is 0.769. The number of amides is 2. The van der Waals surface area contributed by atoms with Crippen molar-refractivity contribution in [3.63, 3.8) is 0 Å². The highest BCUT2D eigenvalue weighted by Gasteiger charge is 2.41. The SMILES string of the molecule is O=C(CCCn1cccn1)N1CCC2(CCCCCc3ccccc3OCCNC2=O)CC1. The van der Waals surface area contributed by atoms with Crippen LogP contribution < -0.4 is 10.1 Å². The Balaban J connectivity index is 1.30. The number of carbonyl (C=O) groups excluding carboxylic acids is 2. The monoisotopic (exact) mass is 452 g/mol. The number of likely N-dealkylation sites (tertiary alicyclic amines) is 1. The van der Waals surface area contributed by atoms with E-state index in [4.69, 9.17) is 4.74 Å². The molecule has 0 bridgehead atoms. The van der Waals surface area contributed by atoms with Crippen molar-refractivity contribution in [2.45, 2.75) is 64.3 Å².